The zero-order valence-corrected chi connectivity index (χ0v) is 12.7. The molecular formula is C15H26N2S. The predicted molar refractivity (Wildman–Crippen MR) is 80.1 cm³/mol. The molecule has 0 saturated heterocycles. The first-order valence-electron chi connectivity index (χ1n) is 7.16. The van der Waals surface area contributed by atoms with Crippen molar-refractivity contribution in [2.75, 3.05) is 7.05 Å². The Bertz CT molecular complexity index is 368. The molecule has 0 bridgehead atoms. The molecule has 0 aliphatic heterocycles. The summed E-state index contributed by atoms with van der Waals surface area (Å²) < 4.78 is 0. The van der Waals surface area contributed by atoms with Gasteiger partial charge in [-0.1, -0.05) is 19.8 Å². The number of nitrogens with zero attached hydrogens (tertiary/aromatic N) is 1. The Labute approximate surface area is 115 Å². The Morgan fingerprint density at radius 2 is 2.11 bits per heavy atom. The molecule has 2 atom stereocenters. The number of likely N-dealkylation sites (N-methyl/N-ethyl adjacent to an activating group) is 1. The number of rotatable bonds is 5. The zero-order valence-electron chi connectivity index (χ0n) is 11.9. The van der Waals surface area contributed by atoms with Gasteiger partial charge < -0.3 is 5.73 Å². The van der Waals surface area contributed by atoms with Gasteiger partial charge in [-0.15, -0.1) is 11.3 Å². The molecule has 18 heavy (non-hydrogen) atoms. The van der Waals surface area contributed by atoms with Crippen LogP contribution in [0.4, 0.5) is 0 Å². The monoisotopic (exact) mass is 266 g/mol. The molecule has 1 heterocycles. The molecule has 1 saturated carbocycles. The molecule has 0 amide bonds. The average Bonchev–Trinajstić information content (AvgIpc) is 3.01. The van der Waals surface area contributed by atoms with Crippen molar-refractivity contribution < 1.29 is 0 Å². The molecule has 1 aliphatic rings. The van der Waals surface area contributed by atoms with E-state index in [1.165, 1.54) is 36.1 Å². The predicted octanol–water partition coefficient (Wildman–Crippen LogP) is 3.71. The summed E-state index contributed by atoms with van der Waals surface area (Å²) >= 11 is 1.87. The zero-order chi connectivity index (χ0) is 13.1. The molecule has 0 aromatic carbocycles. The number of hydrogen-bond donors (Lipinski definition) is 1. The lowest BCUT2D eigenvalue weighted by molar-refractivity contribution is 0.152. The van der Waals surface area contributed by atoms with Gasteiger partial charge in [0, 0.05) is 17.0 Å². The van der Waals surface area contributed by atoms with E-state index >= 15 is 0 Å². The third-order valence-electron chi connectivity index (χ3n) is 4.39. The fraction of sp³-hybridized carbons (Fsp3) is 0.733. The highest BCUT2D eigenvalue weighted by molar-refractivity contribution is 7.10. The van der Waals surface area contributed by atoms with Gasteiger partial charge in [-0.3, -0.25) is 4.90 Å². The second kappa shape index (κ2) is 6.18. The Hall–Kier alpha value is -0.380. The molecule has 1 aliphatic carbocycles. The summed E-state index contributed by atoms with van der Waals surface area (Å²) in [5, 5.41) is 2.20. The third-order valence-corrected chi connectivity index (χ3v) is 5.48. The molecule has 2 rings (SSSR count). The molecule has 1 aromatic heterocycles. The maximum atomic E-state index is 6.41. The van der Waals surface area contributed by atoms with Crippen LogP contribution in [0.15, 0.2) is 11.4 Å². The van der Waals surface area contributed by atoms with Gasteiger partial charge in [0.15, 0.2) is 0 Å². The van der Waals surface area contributed by atoms with E-state index in [4.69, 9.17) is 5.73 Å². The van der Waals surface area contributed by atoms with Crippen LogP contribution in [0, 0.1) is 6.92 Å². The summed E-state index contributed by atoms with van der Waals surface area (Å²) in [4.78, 5) is 4.03. The van der Waals surface area contributed by atoms with E-state index in [9.17, 15) is 0 Å². The topological polar surface area (TPSA) is 29.3 Å². The van der Waals surface area contributed by atoms with Crippen molar-refractivity contribution in [1.29, 1.82) is 0 Å². The van der Waals surface area contributed by atoms with Gasteiger partial charge in [0.05, 0.1) is 6.04 Å². The smallest absolute Gasteiger partial charge is 0.0595 e. The highest BCUT2D eigenvalue weighted by Gasteiger charge is 2.31. The molecule has 3 heteroatoms. The van der Waals surface area contributed by atoms with Crippen molar-refractivity contribution in [3.63, 3.8) is 0 Å². The van der Waals surface area contributed by atoms with E-state index in [2.05, 4.69) is 37.2 Å². The fourth-order valence-corrected chi connectivity index (χ4v) is 4.28. The van der Waals surface area contributed by atoms with Crippen LogP contribution in [0.5, 0.6) is 0 Å². The minimum Gasteiger partial charge on any atom is -0.326 e. The van der Waals surface area contributed by atoms with Gasteiger partial charge in [-0.05, 0) is 50.2 Å². The molecule has 1 fully saturated rings. The largest absolute Gasteiger partial charge is 0.326 e. The molecule has 0 radical (unpaired) electrons. The van der Waals surface area contributed by atoms with E-state index < -0.39 is 0 Å². The van der Waals surface area contributed by atoms with Crippen molar-refractivity contribution in [3.05, 3.63) is 21.9 Å². The summed E-state index contributed by atoms with van der Waals surface area (Å²) in [6.07, 6.45) is 6.49. The quantitative estimate of drug-likeness (QED) is 0.880. The van der Waals surface area contributed by atoms with E-state index in [1.807, 2.05) is 11.3 Å². The molecule has 0 spiro atoms. The number of nitrogens with two attached hydrogens (primary N) is 1. The van der Waals surface area contributed by atoms with Gasteiger partial charge in [0.2, 0.25) is 0 Å². The van der Waals surface area contributed by atoms with E-state index in [1.54, 1.807) is 0 Å². The Morgan fingerprint density at radius 1 is 1.44 bits per heavy atom. The second-order valence-electron chi connectivity index (χ2n) is 5.59. The third kappa shape index (κ3) is 2.79. The van der Waals surface area contributed by atoms with Crippen LogP contribution in [-0.4, -0.2) is 24.0 Å². The molecule has 2 N–H and O–H groups in total. The lowest BCUT2D eigenvalue weighted by atomic mass is 9.99. The van der Waals surface area contributed by atoms with Gasteiger partial charge in [0.1, 0.15) is 0 Å². The highest BCUT2D eigenvalue weighted by Crippen LogP contribution is 2.35. The van der Waals surface area contributed by atoms with Crippen molar-refractivity contribution in [2.45, 2.75) is 64.1 Å². The Balaban J connectivity index is 2.22. The molecule has 2 unspecified atom stereocenters. The first kappa shape index (κ1) is 14.0. The summed E-state index contributed by atoms with van der Waals surface area (Å²) in [5.74, 6) is 0. The lowest BCUT2D eigenvalue weighted by Crippen LogP contribution is -2.42. The van der Waals surface area contributed by atoms with Crippen molar-refractivity contribution in [2.24, 2.45) is 5.73 Å². The minimum atomic E-state index is 0.243. The molecular weight excluding hydrogens is 240 g/mol. The fourth-order valence-electron chi connectivity index (χ4n) is 3.13. The van der Waals surface area contributed by atoms with Crippen LogP contribution in [0.1, 0.15) is 55.5 Å². The van der Waals surface area contributed by atoms with Gasteiger partial charge in [0.25, 0.3) is 0 Å². The van der Waals surface area contributed by atoms with Gasteiger partial charge in [-0.2, -0.15) is 0 Å². The normalized spacial score (nSPS) is 20.5. The van der Waals surface area contributed by atoms with Crippen LogP contribution in [0.3, 0.4) is 0 Å². The molecule has 2 nitrogen and oxygen atoms in total. The van der Waals surface area contributed by atoms with Crippen molar-refractivity contribution in [3.8, 4) is 0 Å². The maximum Gasteiger partial charge on any atom is 0.0595 e. The van der Waals surface area contributed by atoms with Crippen LogP contribution in [-0.2, 0) is 0 Å². The van der Waals surface area contributed by atoms with Crippen molar-refractivity contribution in [1.82, 2.24) is 4.90 Å². The molecule has 102 valence electrons. The Kier molecular flexibility index (Phi) is 4.82. The van der Waals surface area contributed by atoms with E-state index in [-0.39, 0.29) is 6.04 Å². The SMILES string of the molecule is CCC(N)C(c1sccc1C)N(C)C1CCCC1. The standard InChI is InChI=1S/C15H26N2S/c1-4-13(16)14(15-11(2)9-10-18-15)17(3)12-7-5-6-8-12/h9-10,12-14H,4-8,16H2,1-3H3. The van der Waals surface area contributed by atoms with Crippen LogP contribution in [0.25, 0.3) is 0 Å². The summed E-state index contributed by atoms with van der Waals surface area (Å²) in [7, 11) is 2.27. The lowest BCUT2D eigenvalue weighted by Gasteiger charge is -2.36. The van der Waals surface area contributed by atoms with Crippen molar-refractivity contribution >= 4 is 11.3 Å². The number of aryl methyl sites for hydroxylation is 1. The number of hydrogen-bond acceptors (Lipinski definition) is 3. The summed E-state index contributed by atoms with van der Waals surface area (Å²) in [6.45, 7) is 4.41. The minimum absolute atomic E-state index is 0.243. The number of thiophene rings is 1. The van der Waals surface area contributed by atoms with Gasteiger partial charge >= 0.3 is 0 Å². The highest BCUT2D eigenvalue weighted by atomic mass is 32.1. The summed E-state index contributed by atoms with van der Waals surface area (Å²) in [5.41, 5.74) is 7.81. The summed E-state index contributed by atoms with van der Waals surface area (Å²) in [6, 6.07) is 3.60. The van der Waals surface area contributed by atoms with E-state index in [0.29, 0.717) is 6.04 Å². The van der Waals surface area contributed by atoms with E-state index in [0.717, 1.165) is 12.5 Å². The first-order chi connectivity index (χ1) is 8.65. The Morgan fingerprint density at radius 3 is 2.61 bits per heavy atom. The van der Waals surface area contributed by atoms with Crippen LogP contribution >= 0.6 is 11.3 Å². The first-order valence-corrected chi connectivity index (χ1v) is 8.04. The second-order valence-corrected chi connectivity index (χ2v) is 6.54. The average molecular weight is 266 g/mol. The molecule has 1 aromatic rings. The maximum absolute atomic E-state index is 6.41. The van der Waals surface area contributed by atoms with Crippen LogP contribution in [0.2, 0.25) is 0 Å². The van der Waals surface area contributed by atoms with Crippen LogP contribution < -0.4 is 5.73 Å². The van der Waals surface area contributed by atoms with Gasteiger partial charge in [-0.25, -0.2) is 0 Å².